The molecule has 0 aromatic heterocycles. The Bertz CT molecular complexity index is 758. The summed E-state index contributed by atoms with van der Waals surface area (Å²) in [7, 11) is 0. The Kier molecular flexibility index (Phi) is 7.84. The molecule has 3 rings (SSSR count). The van der Waals surface area contributed by atoms with Crippen LogP contribution in [0.15, 0.2) is 54.6 Å². The van der Waals surface area contributed by atoms with Crippen molar-refractivity contribution in [2.24, 2.45) is 11.7 Å². The van der Waals surface area contributed by atoms with Crippen molar-refractivity contribution in [3.8, 4) is 0 Å². The largest absolute Gasteiger partial charge is 0.343 e. The molecule has 4 nitrogen and oxygen atoms in total. The van der Waals surface area contributed by atoms with Gasteiger partial charge in [0.2, 0.25) is 5.91 Å². The maximum absolute atomic E-state index is 12.6. The molecule has 6 heteroatoms. The predicted molar refractivity (Wildman–Crippen MR) is 110 cm³/mol. The van der Waals surface area contributed by atoms with Gasteiger partial charge in [-0.15, -0.1) is 12.4 Å². The summed E-state index contributed by atoms with van der Waals surface area (Å²) in [5, 5.41) is 0.622. The number of carbonyl (C=O) groups is 2. The summed E-state index contributed by atoms with van der Waals surface area (Å²) in [6.07, 6.45) is 1.67. The zero-order valence-corrected chi connectivity index (χ0v) is 16.6. The van der Waals surface area contributed by atoms with Gasteiger partial charge >= 0.3 is 0 Å². The van der Waals surface area contributed by atoms with Gasteiger partial charge in [-0.05, 0) is 42.7 Å². The minimum absolute atomic E-state index is 0. The average Bonchev–Trinajstić information content (AvgIpc) is 2.69. The molecule has 0 aliphatic carbocycles. The highest BCUT2D eigenvalue weighted by atomic mass is 35.5. The number of nitrogens with two attached hydrogens (primary N) is 1. The maximum Gasteiger partial charge on any atom is 0.224 e. The Morgan fingerprint density at radius 1 is 1.04 bits per heavy atom. The molecule has 1 fully saturated rings. The van der Waals surface area contributed by atoms with E-state index in [1.165, 1.54) is 0 Å². The molecule has 1 atom stereocenters. The second-order valence-electron chi connectivity index (χ2n) is 6.75. The van der Waals surface area contributed by atoms with Crippen LogP contribution in [0.1, 0.15) is 41.2 Å². The van der Waals surface area contributed by atoms with Crippen molar-refractivity contribution in [1.82, 2.24) is 4.90 Å². The summed E-state index contributed by atoms with van der Waals surface area (Å²) in [5.74, 6) is 0.150. The van der Waals surface area contributed by atoms with E-state index >= 15 is 0 Å². The molecule has 2 aromatic carbocycles. The third-order valence-electron chi connectivity index (χ3n) is 4.97. The fraction of sp³-hybridized carbons (Fsp3) is 0.333. The van der Waals surface area contributed by atoms with Crippen LogP contribution in [0.25, 0.3) is 0 Å². The van der Waals surface area contributed by atoms with E-state index in [9.17, 15) is 9.59 Å². The lowest BCUT2D eigenvalue weighted by Crippen LogP contribution is -2.41. The highest BCUT2D eigenvalue weighted by molar-refractivity contribution is 6.30. The fourth-order valence-corrected chi connectivity index (χ4v) is 3.50. The van der Waals surface area contributed by atoms with Gasteiger partial charge < -0.3 is 10.6 Å². The minimum Gasteiger partial charge on any atom is -0.343 e. The zero-order chi connectivity index (χ0) is 18.5. The van der Waals surface area contributed by atoms with Gasteiger partial charge in [0.15, 0.2) is 5.78 Å². The van der Waals surface area contributed by atoms with Gasteiger partial charge in [-0.1, -0.05) is 41.9 Å². The SMILES string of the molecule is Cl.NC(CC(=O)N1CCC(C(=O)c2ccc(Cl)cc2)CC1)c1ccccc1. The maximum atomic E-state index is 12.6. The monoisotopic (exact) mass is 406 g/mol. The number of piperidine rings is 1. The number of benzene rings is 2. The summed E-state index contributed by atoms with van der Waals surface area (Å²) < 4.78 is 0. The second-order valence-corrected chi connectivity index (χ2v) is 7.18. The van der Waals surface area contributed by atoms with Crippen LogP contribution >= 0.6 is 24.0 Å². The van der Waals surface area contributed by atoms with E-state index in [2.05, 4.69) is 0 Å². The van der Waals surface area contributed by atoms with Crippen molar-refractivity contribution in [3.05, 3.63) is 70.7 Å². The van der Waals surface area contributed by atoms with E-state index in [4.69, 9.17) is 17.3 Å². The molecule has 2 aromatic rings. The van der Waals surface area contributed by atoms with Gasteiger partial charge in [-0.2, -0.15) is 0 Å². The molecule has 1 aliphatic heterocycles. The van der Waals surface area contributed by atoms with Gasteiger partial charge in [0, 0.05) is 42.1 Å². The third-order valence-corrected chi connectivity index (χ3v) is 5.22. The molecule has 1 amide bonds. The first-order valence-electron chi connectivity index (χ1n) is 8.92. The van der Waals surface area contributed by atoms with Crippen molar-refractivity contribution in [3.63, 3.8) is 0 Å². The number of amides is 1. The van der Waals surface area contributed by atoms with Gasteiger partial charge in [0.05, 0.1) is 0 Å². The second kappa shape index (κ2) is 9.88. The van der Waals surface area contributed by atoms with Gasteiger partial charge in [-0.25, -0.2) is 0 Å². The first-order valence-corrected chi connectivity index (χ1v) is 9.30. The predicted octanol–water partition coefficient (Wildman–Crippen LogP) is 4.27. The normalized spacial score (nSPS) is 15.7. The van der Waals surface area contributed by atoms with E-state index in [1.807, 2.05) is 35.2 Å². The van der Waals surface area contributed by atoms with Crippen molar-refractivity contribution < 1.29 is 9.59 Å². The molecule has 1 heterocycles. The Morgan fingerprint density at radius 2 is 1.63 bits per heavy atom. The molecule has 1 aliphatic rings. The number of likely N-dealkylation sites (tertiary alicyclic amines) is 1. The van der Waals surface area contributed by atoms with Crippen molar-refractivity contribution in [1.29, 1.82) is 0 Å². The Labute approximate surface area is 171 Å². The quantitative estimate of drug-likeness (QED) is 0.753. The minimum atomic E-state index is -0.294. The lowest BCUT2D eigenvalue weighted by atomic mass is 9.88. The topological polar surface area (TPSA) is 63.4 Å². The lowest BCUT2D eigenvalue weighted by Gasteiger charge is -2.32. The van der Waals surface area contributed by atoms with E-state index in [1.54, 1.807) is 24.3 Å². The molecule has 0 bridgehead atoms. The number of Topliss-reactive ketones (excluding diaryl/α,β-unsaturated/α-hetero) is 1. The number of nitrogens with zero attached hydrogens (tertiary/aromatic N) is 1. The molecule has 1 unspecified atom stereocenters. The lowest BCUT2D eigenvalue weighted by molar-refractivity contribution is -0.132. The summed E-state index contributed by atoms with van der Waals surface area (Å²) in [6, 6.07) is 16.4. The number of halogens is 2. The van der Waals surface area contributed by atoms with Crippen molar-refractivity contribution in [2.45, 2.75) is 25.3 Å². The first-order chi connectivity index (χ1) is 12.5. The number of hydrogen-bond donors (Lipinski definition) is 1. The molecule has 0 spiro atoms. The van der Waals surface area contributed by atoms with E-state index in [0.29, 0.717) is 42.9 Å². The van der Waals surface area contributed by atoms with E-state index < -0.39 is 0 Å². The van der Waals surface area contributed by atoms with Crippen LogP contribution in [0.4, 0.5) is 0 Å². The van der Waals surface area contributed by atoms with Crippen LogP contribution in [0.2, 0.25) is 5.02 Å². The van der Waals surface area contributed by atoms with Crippen LogP contribution < -0.4 is 5.73 Å². The molecule has 27 heavy (non-hydrogen) atoms. The first kappa shape index (κ1) is 21.4. The van der Waals surface area contributed by atoms with Crippen LogP contribution in [-0.4, -0.2) is 29.7 Å². The summed E-state index contributed by atoms with van der Waals surface area (Å²) in [6.45, 7) is 1.20. The number of carbonyl (C=O) groups excluding carboxylic acids is 2. The molecular formula is C21H24Cl2N2O2. The Morgan fingerprint density at radius 3 is 2.22 bits per heavy atom. The Balaban J connectivity index is 0.00000261. The van der Waals surface area contributed by atoms with E-state index in [-0.39, 0.29) is 36.1 Å². The molecule has 1 saturated heterocycles. The zero-order valence-electron chi connectivity index (χ0n) is 15.0. The van der Waals surface area contributed by atoms with Crippen LogP contribution in [0.3, 0.4) is 0 Å². The number of rotatable bonds is 5. The summed E-state index contributed by atoms with van der Waals surface area (Å²) in [4.78, 5) is 26.9. The molecule has 2 N–H and O–H groups in total. The summed E-state index contributed by atoms with van der Waals surface area (Å²) >= 11 is 5.88. The standard InChI is InChI=1S/C21H23ClN2O2.ClH/c22-18-8-6-16(7-9-18)21(26)17-10-12-24(13-11-17)20(25)14-19(23)15-4-2-1-3-5-15;/h1-9,17,19H,10-14,23H2;1H. The molecule has 144 valence electrons. The summed E-state index contributed by atoms with van der Waals surface area (Å²) in [5.41, 5.74) is 7.81. The third kappa shape index (κ3) is 5.55. The van der Waals surface area contributed by atoms with Gasteiger partial charge in [0.25, 0.3) is 0 Å². The highest BCUT2D eigenvalue weighted by Crippen LogP contribution is 2.24. The highest BCUT2D eigenvalue weighted by Gasteiger charge is 2.28. The van der Waals surface area contributed by atoms with Crippen LogP contribution in [0, 0.1) is 5.92 Å². The van der Waals surface area contributed by atoms with Crippen molar-refractivity contribution >= 4 is 35.7 Å². The van der Waals surface area contributed by atoms with Crippen LogP contribution in [-0.2, 0) is 4.79 Å². The van der Waals surface area contributed by atoms with Gasteiger partial charge in [-0.3, -0.25) is 9.59 Å². The number of ketones is 1. The molecule has 0 radical (unpaired) electrons. The van der Waals surface area contributed by atoms with Crippen molar-refractivity contribution in [2.75, 3.05) is 13.1 Å². The number of hydrogen-bond acceptors (Lipinski definition) is 3. The van der Waals surface area contributed by atoms with Gasteiger partial charge in [0.1, 0.15) is 0 Å². The average molecular weight is 407 g/mol. The molecular weight excluding hydrogens is 383 g/mol. The van der Waals surface area contributed by atoms with Crippen LogP contribution in [0.5, 0.6) is 0 Å². The fourth-order valence-electron chi connectivity index (χ4n) is 3.38. The molecule has 0 saturated carbocycles. The van der Waals surface area contributed by atoms with E-state index in [0.717, 1.165) is 5.56 Å². The smallest absolute Gasteiger partial charge is 0.224 e. The Hall–Kier alpha value is -1.88.